The van der Waals surface area contributed by atoms with Crippen LogP contribution in [0.4, 0.5) is 4.39 Å². The highest BCUT2D eigenvalue weighted by atomic mass is 35.5. The molecular weight excluding hydrogens is 281 g/mol. The van der Waals surface area contributed by atoms with Crippen LogP contribution < -0.4 is 10.5 Å². The van der Waals surface area contributed by atoms with Gasteiger partial charge >= 0.3 is 0 Å². The van der Waals surface area contributed by atoms with Crippen molar-refractivity contribution in [2.24, 2.45) is 5.73 Å². The summed E-state index contributed by atoms with van der Waals surface area (Å²) in [6.45, 7) is 0.219. The number of nitrogens with two attached hydrogens (primary N) is 1. The lowest BCUT2D eigenvalue weighted by Crippen LogP contribution is -2.12. The van der Waals surface area contributed by atoms with Crippen molar-refractivity contribution in [1.29, 1.82) is 0 Å². The zero-order valence-corrected chi connectivity index (χ0v) is 11.5. The Morgan fingerprint density at radius 1 is 1.25 bits per heavy atom. The summed E-state index contributed by atoms with van der Waals surface area (Å²) in [5.41, 5.74) is 6.58. The van der Waals surface area contributed by atoms with E-state index in [0.717, 1.165) is 5.56 Å². The zero-order valence-electron chi connectivity index (χ0n) is 10.7. The molecule has 0 spiro atoms. The number of ether oxygens (including phenoxy) is 1. The summed E-state index contributed by atoms with van der Waals surface area (Å²) >= 11 is 5.99. The van der Waals surface area contributed by atoms with Gasteiger partial charge in [-0.1, -0.05) is 41.9 Å². The molecule has 3 nitrogen and oxygen atoms in total. The largest absolute Gasteiger partial charge is 0.484 e. The topological polar surface area (TPSA) is 55.5 Å². The minimum Gasteiger partial charge on any atom is -0.484 e. The van der Waals surface area contributed by atoms with E-state index in [1.54, 1.807) is 0 Å². The Morgan fingerprint density at radius 3 is 2.55 bits per heavy atom. The summed E-state index contributed by atoms with van der Waals surface area (Å²) in [4.78, 5) is 0. The van der Waals surface area contributed by atoms with Crippen molar-refractivity contribution in [3.63, 3.8) is 0 Å². The summed E-state index contributed by atoms with van der Waals surface area (Å²) in [6.07, 6.45) is -0.940. The van der Waals surface area contributed by atoms with Crippen LogP contribution in [0.15, 0.2) is 42.5 Å². The SMILES string of the molecule is NCC(O)c1cc(F)c(OCc2ccccc2)c(Cl)c1. The van der Waals surface area contributed by atoms with E-state index in [1.807, 2.05) is 30.3 Å². The Balaban J connectivity index is 2.16. The van der Waals surface area contributed by atoms with Gasteiger partial charge in [0.1, 0.15) is 6.61 Å². The lowest BCUT2D eigenvalue weighted by atomic mass is 10.1. The number of halogens is 2. The van der Waals surface area contributed by atoms with Gasteiger partial charge in [0.25, 0.3) is 0 Å². The molecule has 20 heavy (non-hydrogen) atoms. The van der Waals surface area contributed by atoms with Crippen LogP contribution >= 0.6 is 11.6 Å². The Hall–Kier alpha value is -1.62. The van der Waals surface area contributed by atoms with Crippen molar-refractivity contribution in [3.05, 3.63) is 64.4 Å². The van der Waals surface area contributed by atoms with Crippen molar-refractivity contribution >= 4 is 11.6 Å². The number of aliphatic hydroxyl groups excluding tert-OH is 1. The predicted molar refractivity (Wildman–Crippen MR) is 76.2 cm³/mol. The third-order valence-corrected chi connectivity index (χ3v) is 3.14. The first-order chi connectivity index (χ1) is 9.61. The first kappa shape index (κ1) is 14.8. The van der Waals surface area contributed by atoms with E-state index < -0.39 is 11.9 Å². The molecule has 0 aromatic heterocycles. The summed E-state index contributed by atoms with van der Waals surface area (Å²) in [5.74, 6) is -0.639. The molecule has 0 amide bonds. The molecule has 5 heteroatoms. The van der Waals surface area contributed by atoms with E-state index >= 15 is 0 Å². The van der Waals surface area contributed by atoms with Crippen LogP contribution in [0.25, 0.3) is 0 Å². The molecule has 0 radical (unpaired) electrons. The van der Waals surface area contributed by atoms with Gasteiger partial charge in [-0.3, -0.25) is 0 Å². The quantitative estimate of drug-likeness (QED) is 0.891. The number of rotatable bonds is 5. The predicted octanol–water partition coefficient (Wildman–Crippen LogP) is 3.05. The molecule has 0 aliphatic rings. The monoisotopic (exact) mass is 295 g/mol. The van der Waals surface area contributed by atoms with Gasteiger partial charge in [0, 0.05) is 6.54 Å². The fraction of sp³-hybridized carbons (Fsp3) is 0.200. The highest BCUT2D eigenvalue weighted by molar-refractivity contribution is 6.32. The van der Waals surface area contributed by atoms with E-state index in [4.69, 9.17) is 22.1 Å². The molecule has 0 bridgehead atoms. The molecule has 3 N–H and O–H groups in total. The molecule has 2 aromatic rings. The van der Waals surface area contributed by atoms with Crippen molar-refractivity contribution in [2.75, 3.05) is 6.54 Å². The number of benzene rings is 2. The van der Waals surface area contributed by atoms with Crippen LogP contribution in [0, 0.1) is 5.82 Å². The maximum Gasteiger partial charge on any atom is 0.174 e. The third kappa shape index (κ3) is 3.48. The normalized spacial score (nSPS) is 12.2. The van der Waals surface area contributed by atoms with Crippen LogP contribution in [-0.4, -0.2) is 11.7 Å². The lowest BCUT2D eigenvalue weighted by Gasteiger charge is -2.13. The fourth-order valence-corrected chi connectivity index (χ4v) is 2.05. The second-order valence-corrected chi connectivity index (χ2v) is 4.75. The molecule has 0 saturated heterocycles. The van der Waals surface area contributed by atoms with Gasteiger partial charge in [0.05, 0.1) is 11.1 Å². The molecule has 0 saturated carbocycles. The molecule has 1 unspecified atom stereocenters. The van der Waals surface area contributed by atoms with Crippen molar-refractivity contribution in [3.8, 4) is 5.75 Å². The Kier molecular flexibility index (Phi) is 4.95. The molecule has 0 fully saturated rings. The molecule has 0 heterocycles. The number of aliphatic hydroxyl groups is 1. The molecule has 0 aliphatic heterocycles. The molecule has 106 valence electrons. The van der Waals surface area contributed by atoms with Crippen molar-refractivity contribution < 1.29 is 14.2 Å². The lowest BCUT2D eigenvalue weighted by molar-refractivity contribution is 0.186. The van der Waals surface area contributed by atoms with E-state index in [2.05, 4.69) is 0 Å². The maximum atomic E-state index is 13.9. The van der Waals surface area contributed by atoms with Gasteiger partial charge in [-0.05, 0) is 23.3 Å². The van der Waals surface area contributed by atoms with E-state index in [9.17, 15) is 9.50 Å². The van der Waals surface area contributed by atoms with Crippen LogP contribution in [-0.2, 0) is 6.61 Å². The van der Waals surface area contributed by atoms with Crippen LogP contribution in [0.3, 0.4) is 0 Å². The zero-order chi connectivity index (χ0) is 14.5. The standard InChI is InChI=1S/C15H15ClFNO2/c16-12-6-11(14(19)8-18)7-13(17)15(12)20-9-10-4-2-1-3-5-10/h1-7,14,19H,8-9,18H2. The van der Waals surface area contributed by atoms with Gasteiger partial charge < -0.3 is 15.6 Å². The van der Waals surface area contributed by atoms with Crippen LogP contribution in [0.5, 0.6) is 5.75 Å². The summed E-state index contributed by atoms with van der Waals surface area (Å²) < 4.78 is 19.4. The van der Waals surface area contributed by atoms with Crippen molar-refractivity contribution in [2.45, 2.75) is 12.7 Å². The summed E-state index contributed by atoms with van der Waals surface area (Å²) in [6, 6.07) is 12.0. The summed E-state index contributed by atoms with van der Waals surface area (Å²) in [7, 11) is 0. The minimum absolute atomic E-state index is 0.0000119. The van der Waals surface area contributed by atoms with Gasteiger partial charge in [-0.15, -0.1) is 0 Å². The molecular formula is C15H15ClFNO2. The third-order valence-electron chi connectivity index (χ3n) is 2.85. The van der Waals surface area contributed by atoms with E-state index in [-0.39, 0.29) is 23.9 Å². The van der Waals surface area contributed by atoms with Gasteiger partial charge in [-0.2, -0.15) is 0 Å². The second kappa shape index (κ2) is 6.70. The molecule has 2 rings (SSSR count). The molecule has 1 atom stereocenters. The van der Waals surface area contributed by atoms with E-state index in [1.165, 1.54) is 12.1 Å². The average Bonchev–Trinajstić information content (AvgIpc) is 2.46. The van der Waals surface area contributed by atoms with E-state index in [0.29, 0.717) is 5.56 Å². The van der Waals surface area contributed by atoms with Crippen molar-refractivity contribution in [1.82, 2.24) is 0 Å². The van der Waals surface area contributed by atoms with Gasteiger partial charge in [0.2, 0.25) is 0 Å². The summed E-state index contributed by atoms with van der Waals surface area (Å²) in [5, 5.41) is 9.70. The van der Waals surface area contributed by atoms with Gasteiger partial charge in [0.15, 0.2) is 11.6 Å². The maximum absolute atomic E-state index is 13.9. The average molecular weight is 296 g/mol. The Bertz CT molecular complexity index is 554. The smallest absolute Gasteiger partial charge is 0.174 e. The number of hydrogen-bond acceptors (Lipinski definition) is 3. The highest BCUT2D eigenvalue weighted by Gasteiger charge is 2.15. The Morgan fingerprint density at radius 2 is 1.95 bits per heavy atom. The minimum atomic E-state index is -0.940. The first-order valence-corrected chi connectivity index (χ1v) is 6.53. The highest BCUT2D eigenvalue weighted by Crippen LogP contribution is 2.31. The molecule has 0 aliphatic carbocycles. The van der Waals surface area contributed by atoms with Crippen LogP contribution in [0.2, 0.25) is 5.02 Å². The van der Waals surface area contributed by atoms with Gasteiger partial charge in [-0.25, -0.2) is 4.39 Å². The first-order valence-electron chi connectivity index (χ1n) is 6.15. The fourth-order valence-electron chi connectivity index (χ4n) is 1.78. The number of hydrogen-bond donors (Lipinski definition) is 2. The second-order valence-electron chi connectivity index (χ2n) is 4.34. The molecule has 2 aromatic carbocycles. The van der Waals surface area contributed by atoms with Crippen LogP contribution in [0.1, 0.15) is 17.2 Å². The Labute approximate surface area is 121 Å².